The van der Waals surface area contributed by atoms with E-state index in [2.05, 4.69) is 4.90 Å². The maximum Gasteiger partial charge on any atom is 0.226 e. The van der Waals surface area contributed by atoms with Crippen LogP contribution in [-0.2, 0) is 4.79 Å². The lowest BCUT2D eigenvalue weighted by molar-refractivity contribution is -0.133. The van der Waals surface area contributed by atoms with Crippen molar-refractivity contribution in [3.63, 3.8) is 0 Å². The monoisotopic (exact) mass is 370 g/mol. The number of hydrogen-bond acceptors (Lipinski definition) is 2. The molecule has 1 heterocycles. The zero-order valence-electron chi connectivity index (χ0n) is 15.8. The van der Waals surface area contributed by atoms with E-state index < -0.39 is 11.6 Å². The van der Waals surface area contributed by atoms with Gasteiger partial charge in [-0.3, -0.25) is 9.69 Å². The first-order valence-corrected chi connectivity index (χ1v) is 9.03. The van der Waals surface area contributed by atoms with Crippen LogP contribution in [0.1, 0.15) is 24.1 Å². The summed E-state index contributed by atoms with van der Waals surface area (Å²) in [5, 5.41) is 0. The second-order valence-corrected chi connectivity index (χ2v) is 7.23. The molecule has 5 heteroatoms. The largest absolute Gasteiger partial charge is 0.349 e. The topological polar surface area (TPSA) is 23.6 Å². The Labute approximate surface area is 158 Å². The number of nitrogens with zero attached hydrogens (tertiary/aromatic N) is 2. The third-order valence-electron chi connectivity index (χ3n) is 4.91. The molecule has 0 N–H and O–H groups in total. The molecule has 3 nitrogen and oxygen atoms in total. The van der Waals surface area contributed by atoms with E-state index in [9.17, 15) is 13.6 Å². The number of benzene rings is 2. The molecule has 142 valence electrons. The third-order valence-corrected chi connectivity index (χ3v) is 4.91. The van der Waals surface area contributed by atoms with Gasteiger partial charge in [0, 0.05) is 38.7 Å². The van der Waals surface area contributed by atoms with Gasteiger partial charge in [0.25, 0.3) is 0 Å². The summed E-state index contributed by atoms with van der Waals surface area (Å²) in [7, 11) is 3.48. The summed E-state index contributed by atoms with van der Waals surface area (Å²) in [4.78, 5) is 16.0. The van der Waals surface area contributed by atoms with Crippen LogP contribution in [0, 0.1) is 17.6 Å². The van der Waals surface area contributed by atoms with E-state index in [-0.39, 0.29) is 23.4 Å². The van der Waals surface area contributed by atoms with Crippen LogP contribution in [0.2, 0.25) is 0 Å². The highest BCUT2D eigenvalue weighted by Gasteiger charge is 2.30. The molecule has 1 aliphatic rings. The van der Waals surface area contributed by atoms with Gasteiger partial charge in [-0.05, 0) is 29.3 Å². The molecule has 0 saturated carbocycles. The quantitative estimate of drug-likeness (QED) is 0.790. The molecule has 1 amide bonds. The summed E-state index contributed by atoms with van der Waals surface area (Å²) in [6, 6.07) is 13.3. The lowest BCUT2D eigenvalue weighted by Crippen LogP contribution is -2.37. The van der Waals surface area contributed by atoms with Gasteiger partial charge in [-0.15, -0.1) is 0 Å². The van der Waals surface area contributed by atoms with Crippen molar-refractivity contribution in [2.75, 3.05) is 27.2 Å². The van der Waals surface area contributed by atoms with E-state index in [0.29, 0.717) is 13.1 Å². The zero-order chi connectivity index (χ0) is 19.6. The van der Waals surface area contributed by atoms with E-state index in [1.165, 1.54) is 6.07 Å². The van der Waals surface area contributed by atoms with Gasteiger partial charge in [0.1, 0.15) is 11.6 Å². The van der Waals surface area contributed by atoms with Crippen molar-refractivity contribution in [2.45, 2.75) is 13.0 Å². The lowest BCUT2D eigenvalue weighted by Gasteiger charge is -2.28. The van der Waals surface area contributed by atoms with Crippen molar-refractivity contribution in [2.24, 2.45) is 5.92 Å². The Bertz CT molecular complexity index is 849. The number of carbonyl (C=O) groups is 1. The molecule has 2 aromatic rings. The highest BCUT2D eigenvalue weighted by atomic mass is 19.1. The van der Waals surface area contributed by atoms with Gasteiger partial charge in [-0.25, -0.2) is 8.78 Å². The number of hydrogen-bond donors (Lipinski definition) is 0. The highest BCUT2D eigenvalue weighted by Crippen LogP contribution is 2.36. The molecular formula is C22H24F2N2O. The number of rotatable bonds is 5. The summed E-state index contributed by atoms with van der Waals surface area (Å²) in [6.45, 7) is 2.89. The van der Waals surface area contributed by atoms with Crippen molar-refractivity contribution in [3.8, 4) is 0 Å². The van der Waals surface area contributed by atoms with Crippen molar-refractivity contribution < 1.29 is 13.6 Å². The Balaban J connectivity index is 1.92. The molecule has 0 aromatic heterocycles. The van der Waals surface area contributed by atoms with Gasteiger partial charge >= 0.3 is 0 Å². The molecule has 1 unspecified atom stereocenters. The second-order valence-electron chi connectivity index (χ2n) is 7.23. The number of carbonyl (C=O) groups excluding carboxylic acids is 1. The molecule has 0 radical (unpaired) electrons. The van der Waals surface area contributed by atoms with Crippen LogP contribution in [0.3, 0.4) is 0 Å². The van der Waals surface area contributed by atoms with Gasteiger partial charge in [0.15, 0.2) is 0 Å². The Kier molecular flexibility index (Phi) is 5.71. The number of amides is 1. The van der Waals surface area contributed by atoms with E-state index >= 15 is 0 Å². The lowest BCUT2D eigenvalue weighted by atomic mass is 10.0. The maximum atomic E-state index is 14.3. The van der Waals surface area contributed by atoms with Crippen molar-refractivity contribution in [1.82, 2.24) is 9.80 Å². The molecule has 0 saturated heterocycles. The predicted molar refractivity (Wildman–Crippen MR) is 103 cm³/mol. The normalized spacial score (nSPS) is 18.3. The minimum Gasteiger partial charge on any atom is -0.349 e. The van der Waals surface area contributed by atoms with Crippen molar-refractivity contribution in [3.05, 3.63) is 77.4 Å². The fourth-order valence-corrected chi connectivity index (χ4v) is 3.59. The van der Waals surface area contributed by atoms with Crippen LogP contribution in [0.5, 0.6) is 0 Å². The average Bonchev–Trinajstić information content (AvgIpc) is 3.07. The van der Waals surface area contributed by atoms with Crippen LogP contribution in [-0.4, -0.2) is 42.9 Å². The Morgan fingerprint density at radius 3 is 2.56 bits per heavy atom. The minimum absolute atomic E-state index is 0.0483. The fraction of sp³-hybridized carbons (Fsp3) is 0.318. The second kappa shape index (κ2) is 8.01. The van der Waals surface area contributed by atoms with E-state index in [4.69, 9.17) is 0 Å². The Morgan fingerprint density at radius 1 is 1.19 bits per heavy atom. The van der Waals surface area contributed by atoms with Crippen LogP contribution in [0.15, 0.2) is 54.6 Å². The first kappa shape index (κ1) is 19.2. The summed E-state index contributed by atoms with van der Waals surface area (Å²) in [5.74, 6) is -1.05. The maximum absolute atomic E-state index is 14.3. The molecule has 0 spiro atoms. The fourth-order valence-electron chi connectivity index (χ4n) is 3.59. The van der Waals surface area contributed by atoms with E-state index in [1.54, 1.807) is 19.0 Å². The molecule has 27 heavy (non-hydrogen) atoms. The van der Waals surface area contributed by atoms with Crippen LogP contribution in [0.4, 0.5) is 8.78 Å². The van der Waals surface area contributed by atoms with E-state index in [0.717, 1.165) is 23.3 Å². The van der Waals surface area contributed by atoms with Crippen molar-refractivity contribution >= 4 is 11.5 Å². The average molecular weight is 370 g/mol. The molecule has 1 aliphatic heterocycles. The molecule has 0 aliphatic carbocycles. The van der Waals surface area contributed by atoms with Crippen molar-refractivity contribution in [1.29, 1.82) is 0 Å². The van der Waals surface area contributed by atoms with Crippen LogP contribution < -0.4 is 0 Å². The Hall–Kier alpha value is -2.53. The summed E-state index contributed by atoms with van der Waals surface area (Å²) < 4.78 is 28.0. The molecular weight excluding hydrogens is 346 g/mol. The van der Waals surface area contributed by atoms with Gasteiger partial charge in [-0.2, -0.15) is 0 Å². The summed E-state index contributed by atoms with van der Waals surface area (Å²) >= 11 is 0. The Morgan fingerprint density at radius 2 is 1.89 bits per heavy atom. The molecule has 2 atom stereocenters. The first-order chi connectivity index (χ1) is 12.9. The third kappa shape index (κ3) is 4.25. The van der Waals surface area contributed by atoms with Gasteiger partial charge < -0.3 is 4.90 Å². The smallest absolute Gasteiger partial charge is 0.226 e. The standard InChI is InChI=1S/C22H24F2N2O/c1-15(22(27)25(2)3)13-26-14-17(19-12-18(23)9-10-20(19)24)11-21(26)16-7-5-4-6-8-16/h4-12,15,21H,13-14H2,1-3H3/t15?,21-/m0/s1. The van der Waals surface area contributed by atoms with Gasteiger partial charge in [0.2, 0.25) is 5.91 Å². The minimum atomic E-state index is -0.460. The summed E-state index contributed by atoms with van der Waals surface area (Å²) in [5.41, 5.74) is 2.09. The van der Waals surface area contributed by atoms with Crippen LogP contribution in [0.25, 0.3) is 5.57 Å². The van der Waals surface area contributed by atoms with Crippen LogP contribution >= 0.6 is 0 Å². The number of halogens is 2. The summed E-state index contributed by atoms with van der Waals surface area (Å²) in [6.07, 6.45) is 1.97. The van der Waals surface area contributed by atoms with Gasteiger partial charge in [0.05, 0.1) is 6.04 Å². The molecule has 2 aromatic carbocycles. The predicted octanol–water partition coefficient (Wildman–Crippen LogP) is 4.13. The van der Waals surface area contributed by atoms with Gasteiger partial charge in [-0.1, -0.05) is 43.3 Å². The zero-order valence-corrected chi connectivity index (χ0v) is 15.8. The molecule has 0 bridgehead atoms. The first-order valence-electron chi connectivity index (χ1n) is 9.03. The molecule has 0 fully saturated rings. The van der Waals surface area contributed by atoms with E-state index in [1.807, 2.05) is 43.3 Å². The SMILES string of the molecule is CC(CN1CC(c2cc(F)ccc2F)=C[C@H]1c1ccccc1)C(=O)N(C)C. The molecule has 3 rings (SSSR count). The highest BCUT2D eigenvalue weighted by molar-refractivity contribution is 5.78.